The maximum Gasteiger partial charge on any atom is 0.326 e. The summed E-state index contributed by atoms with van der Waals surface area (Å²) in [6, 6.07) is 23.9. The van der Waals surface area contributed by atoms with Crippen LogP contribution in [0.5, 0.6) is 0 Å². The molecule has 224 valence electrons. The Morgan fingerprint density at radius 3 is 2.12 bits per heavy atom. The van der Waals surface area contributed by atoms with Gasteiger partial charge in [-0.05, 0) is 53.5 Å². The van der Waals surface area contributed by atoms with Crippen LogP contribution in [-0.4, -0.2) is 54.4 Å². The first-order valence-electron chi connectivity index (χ1n) is 13.1. The number of para-hydroxylation sites is 1. The van der Waals surface area contributed by atoms with Crippen molar-refractivity contribution in [1.29, 1.82) is 0 Å². The number of carbonyl (C=O) groups is 2. The van der Waals surface area contributed by atoms with Crippen LogP contribution < -0.4 is 15.5 Å². The Labute approximate surface area is 266 Å². The van der Waals surface area contributed by atoms with E-state index in [1.807, 2.05) is 49.5 Å². The molecule has 0 aliphatic carbocycles. The summed E-state index contributed by atoms with van der Waals surface area (Å²) >= 11 is 17.7. The molecule has 43 heavy (non-hydrogen) atoms. The van der Waals surface area contributed by atoms with Crippen molar-refractivity contribution in [1.82, 2.24) is 10.3 Å². The number of amides is 1. The van der Waals surface area contributed by atoms with Crippen LogP contribution in [0.25, 0.3) is 0 Å². The lowest BCUT2D eigenvalue weighted by Gasteiger charge is -2.26. The van der Waals surface area contributed by atoms with Crippen LogP contribution in [0, 0.1) is 0 Å². The van der Waals surface area contributed by atoms with Gasteiger partial charge in [-0.25, -0.2) is 4.79 Å². The molecule has 0 spiro atoms. The van der Waals surface area contributed by atoms with E-state index in [9.17, 15) is 14.7 Å². The summed E-state index contributed by atoms with van der Waals surface area (Å²) in [5.74, 6) is -1.51. The van der Waals surface area contributed by atoms with Gasteiger partial charge in [0.25, 0.3) is 5.91 Å². The third-order valence-electron chi connectivity index (χ3n) is 6.22. The number of ether oxygens (including phenoxy) is 1. The van der Waals surface area contributed by atoms with Gasteiger partial charge >= 0.3 is 5.97 Å². The zero-order valence-corrected chi connectivity index (χ0v) is 26.2. The molecule has 1 amide bonds. The lowest BCUT2D eigenvalue weighted by atomic mass is 10.0. The highest BCUT2D eigenvalue weighted by molar-refractivity contribution is 7.80. The van der Waals surface area contributed by atoms with E-state index in [0.717, 1.165) is 28.8 Å². The van der Waals surface area contributed by atoms with E-state index in [-0.39, 0.29) is 22.0 Å². The third-order valence-corrected chi connectivity index (χ3v) is 7.19. The molecule has 0 saturated heterocycles. The third kappa shape index (κ3) is 9.76. The molecule has 11 heteroatoms. The first-order valence-corrected chi connectivity index (χ1v) is 14.3. The SMILES string of the molecule is CN(C(=S)N[C@@H](Cc1ccc(NC(=O)c2c(Cl)cncc2Cl)cc1)C(=O)O)c1ccccc1Cc1ccccc1.COC. The van der Waals surface area contributed by atoms with E-state index in [0.29, 0.717) is 10.8 Å². The number of aromatic nitrogens is 1. The van der Waals surface area contributed by atoms with Crippen molar-refractivity contribution < 1.29 is 19.4 Å². The molecular weight excluding hydrogens is 607 g/mol. The lowest BCUT2D eigenvalue weighted by molar-refractivity contribution is -0.139. The maximum atomic E-state index is 12.6. The Morgan fingerprint density at radius 2 is 1.51 bits per heavy atom. The number of halogens is 2. The fourth-order valence-electron chi connectivity index (χ4n) is 4.14. The number of rotatable bonds is 9. The van der Waals surface area contributed by atoms with E-state index in [4.69, 9.17) is 35.4 Å². The normalized spacial score (nSPS) is 11.0. The van der Waals surface area contributed by atoms with Crippen molar-refractivity contribution in [3.05, 3.63) is 124 Å². The lowest BCUT2D eigenvalue weighted by Crippen LogP contribution is -2.47. The summed E-state index contributed by atoms with van der Waals surface area (Å²) < 4.78 is 4.25. The summed E-state index contributed by atoms with van der Waals surface area (Å²) in [5, 5.41) is 16.2. The predicted molar refractivity (Wildman–Crippen MR) is 177 cm³/mol. The second-order valence-corrected chi connectivity index (χ2v) is 10.6. The first kappa shape index (κ1) is 33.5. The largest absolute Gasteiger partial charge is 0.480 e. The molecule has 3 aromatic carbocycles. The molecule has 1 heterocycles. The van der Waals surface area contributed by atoms with Gasteiger partial charge in [0.05, 0.1) is 15.6 Å². The van der Waals surface area contributed by atoms with Crippen molar-refractivity contribution in [2.75, 3.05) is 31.5 Å². The van der Waals surface area contributed by atoms with Crippen molar-refractivity contribution in [2.45, 2.75) is 18.9 Å². The van der Waals surface area contributed by atoms with Gasteiger partial charge in [0.15, 0.2) is 5.11 Å². The molecule has 4 rings (SSSR count). The van der Waals surface area contributed by atoms with E-state index in [1.54, 1.807) is 43.4 Å². The summed E-state index contributed by atoms with van der Waals surface area (Å²) in [7, 11) is 5.07. The number of anilines is 2. The minimum Gasteiger partial charge on any atom is -0.480 e. The molecule has 0 saturated carbocycles. The molecule has 0 radical (unpaired) electrons. The van der Waals surface area contributed by atoms with Crippen LogP contribution >= 0.6 is 35.4 Å². The van der Waals surface area contributed by atoms with E-state index < -0.39 is 17.9 Å². The highest BCUT2D eigenvalue weighted by atomic mass is 35.5. The number of nitrogens with one attached hydrogen (secondary N) is 2. The van der Waals surface area contributed by atoms with Crippen molar-refractivity contribution in [2.24, 2.45) is 0 Å². The Hall–Kier alpha value is -4.02. The molecule has 0 unspecified atom stereocenters. The molecule has 0 aliphatic heterocycles. The molecule has 1 aromatic heterocycles. The number of methoxy groups -OCH3 is 1. The summed E-state index contributed by atoms with van der Waals surface area (Å²) in [6.07, 6.45) is 3.57. The predicted octanol–water partition coefficient (Wildman–Crippen LogP) is 6.50. The van der Waals surface area contributed by atoms with Gasteiger partial charge < -0.3 is 25.4 Å². The maximum absolute atomic E-state index is 12.6. The molecular formula is C32H32Cl2N4O4S. The zero-order valence-electron chi connectivity index (χ0n) is 23.9. The second-order valence-electron chi connectivity index (χ2n) is 9.43. The number of aliphatic carboxylic acids is 1. The number of nitrogens with zero attached hydrogens (tertiary/aromatic N) is 2. The van der Waals surface area contributed by atoms with Crippen LogP contribution in [0.4, 0.5) is 11.4 Å². The molecule has 1 atom stereocenters. The Kier molecular flexibility index (Phi) is 12.9. The van der Waals surface area contributed by atoms with Crippen LogP contribution in [0.15, 0.2) is 91.3 Å². The van der Waals surface area contributed by atoms with Gasteiger partial charge in [0, 0.05) is 51.5 Å². The van der Waals surface area contributed by atoms with Crippen molar-refractivity contribution in [3.63, 3.8) is 0 Å². The summed E-state index contributed by atoms with van der Waals surface area (Å²) in [6.45, 7) is 0. The summed E-state index contributed by atoms with van der Waals surface area (Å²) in [5.41, 5.74) is 4.50. The molecule has 0 bridgehead atoms. The number of carbonyl (C=O) groups excluding carboxylic acids is 1. The quantitative estimate of drug-likeness (QED) is 0.179. The van der Waals surface area contributed by atoms with Gasteiger partial charge in [0.1, 0.15) is 6.04 Å². The fourth-order valence-corrected chi connectivity index (χ4v) is 4.92. The monoisotopic (exact) mass is 638 g/mol. The first-order chi connectivity index (χ1) is 20.6. The van der Waals surface area contributed by atoms with Crippen LogP contribution in [0.2, 0.25) is 10.0 Å². The highest BCUT2D eigenvalue weighted by Crippen LogP contribution is 2.25. The fraction of sp³-hybridized carbons (Fsp3) is 0.188. The average molecular weight is 640 g/mol. The number of benzene rings is 3. The van der Waals surface area contributed by atoms with Crippen LogP contribution in [0.3, 0.4) is 0 Å². The highest BCUT2D eigenvalue weighted by Gasteiger charge is 2.22. The van der Waals surface area contributed by atoms with Crippen LogP contribution in [-0.2, 0) is 22.4 Å². The van der Waals surface area contributed by atoms with Gasteiger partial charge in [0.2, 0.25) is 0 Å². The van der Waals surface area contributed by atoms with Crippen molar-refractivity contribution in [3.8, 4) is 0 Å². The second kappa shape index (κ2) is 16.6. The summed E-state index contributed by atoms with van der Waals surface area (Å²) in [4.78, 5) is 30.4. The van der Waals surface area contributed by atoms with Gasteiger partial charge in [-0.1, -0.05) is 83.9 Å². The van der Waals surface area contributed by atoms with Gasteiger partial charge in [-0.2, -0.15) is 0 Å². The Balaban J connectivity index is 0.00000162. The zero-order chi connectivity index (χ0) is 31.4. The Bertz CT molecular complexity index is 1520. The van der Waals surface area contributed by atoms with Crippen molar-refractivity contribution >= 4 is 63.8 Å². The molecule has 0 aliphatic rings. The molecule has 0 fully saturated rings. The smallest absolute Gasteiger partial charge is 0.326 e. The molecule has 8 nitrogen and oxygen atoms in total. The van der Waals surface area contributed by atoms with Gasteiger partial charge in [-0.3, -0.25) is 9.78 Å². The number of hydrogen-bond donors (Lipinski definition) is 3. The van der Waals surface area contributed by atoms with Gasteiger partial charge in [-0.15, -0.1) is 0 Å². The number of carboxylic acid groups (broad SMARTS) is 1. The topological polar surface area (TPSA) is 104 Å². The minimum absolute atomic E-state index is 0.125. The minimum atomic E-state index is -1.03. The van der Waals surface area contributed by atoms with Crippen LogP contribution in [0.1, 0.15) is 27.0 Å². The number of pyridine rings is 1. The van der Waals surface area contributed by atoms with E-state index in [2.05, 4.69) is 32.5 Å². The average Bonchev–Trinajstić information content (AvgIpc) is 2.98. The number of thiocarbonyl (C=S) groups is 1. The van der Waals surface area contributed by atoms with E-state index in [1.165, 1.54) is 12.4 Å². The standard InChI is InChI=1S/C30H26Cl2N4O3S.C2H6O/c1-36(26-10-6-5-9-21(26)15-19-7-3-2-4-8-19)30(40)35-25(29(38)39)16-20-11-13-22(14-12-20)34-28(37)27-23(31)17-33-18-24(27)32;1-3-2/h2-14,17-18,25H,15-16H2,1H3,(H,34,37)(H,35,40)(H,38,39);1-2H3/t25-;/m0./s1. The molecule has 3 N–H and O–H groups in total. The number of hydrogen-bond acceptors (Lipinski definition) is 5. The Morgan fingerprint density at radius 1 is 0.930 bits per heavy atom. The molecule has 4 aromatic rings. The number of carboxylic acids is 1. The van der Waals surface area contributed by atoms with E-state index >= 15 is 0 Å².